The van der Waals surface area contributed by atoms with Gasteiger partial charge in [-0.3, -0.25) is 28.9 Å². The van der Waals surface area contributed by atoms with Gasteiger partial charge in [-0.25, -0.2) is 0 Å². The fourth-order valence-electron chi connectivity index (χ4n) is 6.90. The summed E-state index contributed by atoms with van der Waals surface area (Å²) in [7, 11) is 3.14. The molecule has 0 spiro atoms. The largest absolute Gasteiger partial charge is 0.508 e. The predicted molar refractivity (Wildman–Crippen MR) is 174 cm³/mol. The van der Waals surface area contributed by atoms with Gasteiger partial charge in [-0.05, 0) is 69.5 Å². The van der Waals surface area contributed by atoms with Crippen LogP contribution >= 0.6 is 0 Å². The number of hydrogen-bond donors (Lipinski definition) is 6. The van der Waals surface area contributed by atoms with E-state index in [9.17, 15) is 44.4 Å². The molecule has 48 heavy (non-hydrogen) atoms. The highest BCUT2D eigenvalue weighted by molar-refractivity contribution is 6.24. The normalized spacial score (nSPS) is 23.0. The lowest BCUT2D eigenvalue weighted by atomic mass is 9.57. The molecule has 0 aliphatic heterocycles. The van der Waals surface area contributed by atoms with Crippen LogP contribution in [-0.2, 0) is 35.1 Å². The van der Waals surface area contributed by atoms with Gasteiger partial charge in [0.05, 0.1) is 24.6 Å². The Bertz CT molecular complexity index is 1740. The van der Waals surface area contributed by atoms with Crippen LogP contribution in [0.1, 0.15) is 43.4 Å². The van der Waals surface area contributed by atoms with Gasteiger partial charge in [-0.2, -0.15) is 0 Å². The van der Waals surface area contributed by atoms with Gasteiger partial charge in [-0.1, -0.05) is 35.9 Å². The predicted octanol–water partition coefficient (Wildman–Crippen LogP) is 2.02. The second-order valence-corrected chi connectivity index (χ2v) is 12.4. The lowest BCUT2D eigenvalue weighted by Crippen LogP contribution is -2.65. The first kappa shape index (κ1) is 35.8. The fraction of sp³-hybridized carbons (Fsp3) is 0.400. The van der Waals surface area contributed by atoms with Crippen molar-refractivity contribution in [1.29, 1.82) is 0 Å². The number of nitrogens with one attached hydrogen (secondary N) is 1. The molecule has 2 aromatic carbocycles. The summed E-state index contributed by atoms with van der Waals surface area (Å²) in [4.78, 5) is 61.6. The first-order valence-electron chi connectivity index (χ1n) is 15.5. The third kappa shape index (κ3) is 6.43. The minimum atomic E-state index is -2.64. The van der Waals surface area contributed by atoms with Crippen molar-refractivity contribution in [2.24, 2.45) is 17.6 Å². The number of ether oxygens (including phenoxy) is 1. The number of Topliss-reactive ketones (excluding diaryl/α,β-unsaturated/α-hetero) is 2. The molecular formula is C35H41N3O10. The van der Waals surface area contributed by atoms with Gasteiger partial charge in [0, 0.05) is 25.0 Å². The van der Waals surface area contributed by atoms with Crippen LogP contribution in [-0.4, -0.2) is 93.6 Å². The molecule has 3 aliphatic rings. The molecule has 5 rings (SSSR count). The average molecular weight is 664 g/mol. The Morgan fingerprint density at radius 1 is 1.10 bits per heavy atom. The van der Waals surface area contributed by atoms with Gasteiger partial charge in [0.2, 0.25) is 11.7 Å². The number of hydrogen-bond acceptors (Lipinski definition) is 11. The van der Waals surface area contributed by atoms with Gasteiger partial charge in [0.25, 0.3) is 5.91 Å². The number of ketones is 2. The number of benzene rings is 2. The maximum atomic E-state index is 13.9. The highest BCUT2D eigenvalue weighted by Gasteiger charge is 2.64. The molecule has 4 atom stereocenters. The minimum absolute atomic E-state index is 0.0503. The number of rotatable bonds is 7. The van der Waals surface area contributed by atoms with Crippen molar-refractivity contribution in [1.82, 2.24) is 10.2 Å². The highest BCUT2D eigenvalue weighted by Crippen LogP contribution is 2.53. The molecule has 0 bridgehead atoms. The van der Waals surface area contributed by atoms with Crippen molar-refractivity contribution in [2.45, 2.75) is 51.7 Å². The van der Waals surface area contributed by atoms with Crippen LogP contribution in [0.3, 0.4) is 0 Å². The van der Waals surface area contributed by atoms with E-state index in [-0.39, 0.29) is 48.0 Å². The van der Waals surface area contributed by atoms with E-state index >= 15 is 0 Å². The molecule has 2 amide bonds. The maximum absolute atomic E-state index is 13.9. The number of primary amides is 1. The Morgan fingerprint density at radius 3 is 2.38 bits per heavy atom. The van der Waals surface area contributed by atoms with Gasteiger partial charge in [0.1, 0.15) is 22.8 Å². The van der Waals surface area contributed by atoms with Crippen LogP contribution in [0, 0.1) is 18.8 Å². The van der Waals surface area contributed by atoms with Gasteiger partial charge in [-0.15, -0.1) is 0 Å². The lowest BCUT2D eigenvalue weighted by molar-refractivity contribution is -0.153. The van der Waals surface area contributed by atoms with E-state index in [0.717, 1.165) is 16.7 Å². The lowest BCUT2D eigenvalue weighted by Gasteiger charge is -2.50. The summed E-state index contributed by atoms with van der Waals surface area (Å²) < 4.78 is 4.63. The molecule has 0 saturated heterocycles. The Balaban J connectivity index is 0.000000408. The van der Waals surface area contributed by atoms with Crippen LogP contribution in [0.15, 0.2) is 53.3 Å². The van der Waals surface area contributed by atoms with E-state index in [4.69, 9.17) is 5.73 Å². The third-order valence-corrected chi connectivity index (χ3v) is 8.94. The van der Waals surface area contributed by atoms with Crippen LogP contribution in [0.4, 0.5) is 0 Å². The number of fused-ring (bicyclic) bond motifs is 3. The smallest absolute Gasteiger partial charge is 0.307 e. The van der Waals surface area contributed by atoms with E-state index in [1.807, 2.05) is 31.2 Å². The number of aliphatic hydroxyl groups is 3. The molecule has 2 aromatic rings. The van der Waals surface area contributed by atoms with E-state index in [1.165, 1.54) is 17.9 Å². The first-order valence-corrected chi connectivity index (χ1v) is 15.5. The van der Waals surface area contributed by atoms with E-state index < -0.39 is 58.0 Å². The Kier molecular flexibility index (Phi) is 10.5. The number of carbonyl (C=O) groups is 5. The molecule has 3 aliphatic carbocycles. The number of phenolic OH excluding ortho intramolecular Hbond substituents is 1. The van der Waals surface area contributed by atoms with Crippen LogP contribution < -0.4 is 11.1 Å². The number of likely N-dealkylation sites (N-methyl/N-ethyl adjacent to an activating group) is 1. The highest BCUT2D eigenvalue weighted by atomic mass is 16.5. The number of esters is 1. The number of phenols is 1. The fourth-order valence-corrected chi connectivity index (χ4v) is 6.90. The van der Waals surface area contributed by atoms with Crippen molar-refractivity contribution in [3.05, 3.63) is 70.0 Å². The van der Waals surface area contributed by atoms with Crippen molar-refractivity contribution in [3.8, 4) is 16.9 Å². The second-order valence-electron chi connectivity index (χ2n) is 12.4. The second kappa shape index (κ2) is 14.0. The van der Waals surface area contributed by atoms with Crippen LogP contribution in [0.2, 0.25) is 0 Å². The van der Waals surface area contributed by atoms with Crippen molar-refractivity contribution < 1.29 is 49.1 Å². The Morgan fingerprint density at radius 2 is 1.79 bits per heavy atom. The molecule has 0 heterocycles. The number of amides is 2. The molecule has 0 radical (unpaired) electrons. The standard InChI is InChI=1S/C28H28N2O7.C7H13NO3/c1-12-5-4-6-13(9-12)15-7-8-18(31)20-16(15)10-14-11-17-22(30(2)3)24(33)21(27(29)36)26(35)28(17,37)25(34)19(14)23(20)32;1-3-11-7(10)4-5-8-6(2)9/h4-9,14,17,22,31-32,35,37H,10-11H2,1-3H3,(H2,29,36);3-5H2,1-2H3,(H,8,9)/t14-,17-,22-,28-;/m0./s1. The van der Waals surface area contributed by atoms with Crippen LogP contribution in [0.5, 0.6) is 5.75 Å². The molecule has 13 heteroatoms. The summed E-state index contributed by atoms with van der Waals surface area (Å²) in [5.74, 6) is -7.01. The van der Waals surface area contributed by atoms with Gasteiger partial charge >= 0.3 is 5.97 Å². The molecule has 0 unspecified atom stereocenters. The summed E-state index contributed by atoms with van der Waals surface area (Å²) in [6.45, 7) is 5.85. The van der Waals surface area contributed by atoms with Gasteiger partial charge < -0.3 is 36.2 Å². The first-order chi connectivity index (χ1) is 22.6. The van der Waals surface area contributed by atoms with E-state index in [1.54, 1.807) is 27.1 Å². The van der Waals surface area contributed by atoms with Crippen molar-refractivity contribution >= 4 is 35.1 Å². The Labute approximate surface area is 277 Å². The quantitative estimate of drug-likeness (QED) is 0.186. The molecule has 1 fully saturated rings. The molecule has 7 N–H and O–H groups in total. The topological polar surface area (TPSA) is 217 Å². The number of aromatic hydroxyl groups is 1. The van der Waals surface area contributed by atoms with Crippen molar-refractivity contribution in [2.75, 3.05) is 27.2 Å². The average Bonchev–Trinajstić information content (AvgIpc) is 2.99. The van der Waals surface area contributed by atoms with Gasteiger partial charge in [0.15, 0.2) is 11.4 Å². The minimum Gasteiger partial charge on any atom is -0.508 e. The summed E-state index contributed by atoms with van der Waals surface area (Å²) >= 11 is 0. The summed E-state index contributed by atoms with van der Waals surface area (Å²) in [6, 6.07) is 9.82. The van der Waals surface area contributed by atoms with Crippen LogP contribution in [0.25, 0.3) is 16.9 Å². The third-order valence-electron chi connectivity index (χ3n) is 8.94. The van der Waals surface area contributed by atoms with E-state index in [0.29, 0.717) is 18.7 Å². The molecule has 0 aromatic heterocycles. The van der Waals surface area contributed by atoms with E-state index in [2.05, 4.69) is 10.1 Å². The molecule has 13 nitrogen and oxygen atoms in total. The zero-order chi connectivity index (χ0) is 35.7. The summed E-state index contributed by atoms with van der Waals surface area (Å²) in [5.41, 5.74) is 5.10. The zero-order valence-electron chi connectivity index (χ0n) is 27.5. The molecule has 1 saturated carbocycles. The molecule has 256 valence electrons. The monoisotopic (exact) mass is 663 g/mol. The number of aryl methyl sites for hydroxylation is 1. The summed E-state index contributed by atoms with van der Waals surface area (Å²) in [6.07, 6.45) is 0.536. The summed E-state index contributed by atoms with van der Waals surface area (Å²) in [5, 5.41) is 47.1. The number of nitrogens with zero attached hydrogens (tertiary/aromatic N) is 1. The number of nitrogens with two attached hydrogens (primary N) is 1. The SMILES string of the molecule is CCOC(=O)CCNC(C)=O.Cc1cccc(-c2ccc(O)c3c2C[C@H]2C[C@H]4[C@H](N(C)C)C(=O)C(C(N)=O)=C(O)[C@@]4(O)C(=O)C2=C3O)c1. The number of aliphatic hydroxyl groups excluding tert-OH is 2. The Hall–Kier alpha value is -5.01. The zero-order valence-corrected chi connectivity index (χ0v) is 27.5. The molecular weight excluding hydrogens is 622 g/mol. The maximum Gasteiger partial charge on any atom is 0.307 e. The van der Waals surface area contributed by atoms with Crippen molar-refractivity contribution in [3.63, 3.8) is 0 Å². The number of carbonyl (C=O) groups excluding carboxylic acids is 5.